The van der Waals surface area contributed by atoms with Gasteiger partial charge in [-0.15, -0.1) is 0 Å². The number of hydrogen-bond donors (Lipinski definition) is 0. The van der Waals surface area contributed by atoms with E-state index in [4.69, 9.17) is 21.1 Å². The Kier molecular flexibility index (Phi) is 7.16. The first kappa shape index (κ1) is 22.3. The zero-order valence-corrected chi connectivity index (χ0v) is 17.9. The van der Waals surface area contributed by atoms with Gasteiger partial charge in [0.2, 0.25) is 15.9 Å². The van der Waals surface area contributed by atoms with Gasteiger partial charge in [0.1, 0.15) is 11.8 Å². The Balaban J connectivity index is 2.22. The number of carbonyl (C=O) groups excluding carboxylic acids is 2. The number of likely N-dealkylation sites (tertiary alicyclic amines) is 1. The van der Waals surface area contributed by atoms with Gasteiger partial charge >= 0.3 is 5.97 Å². The molecule has 1 aliphatic rings. The van der Waals surface area contributed by atoms with Gasteiger partial charge in [-0.25, -0.2) is 8.42 Å². The molecular formula is C18H25ClN2O6S. The number of ether oxygens (including phenoxy) is 2. The summed E-state index contributed by atoms with van der Waals surface area (Å²) >= 11 is 6.13. The number of sulfonamides is 1. The summed E-state index contributed by atoms with van der Waals surface area (Å²) in [6.45, 7) is 2.27. The topological polar surface area (TPSA) is 93.2 Å². The highest BCUT2D eigenvalue weighted by atomic mass is 35.5. The lowest BCUT2D eigenvalue weighted by Crippen LogP contribution is -2.51. The lowest BCUT2D eigenvalue weighted by molar-refractivity contribution is -0.149. The average molecular weight is 433 g/mol. The second kappa shape index (κ2) is 9.00. The van der Waals surface area contributed by atoms with Gasteiger partial charge in [0.05, 0.1) is 37.1 Å². The summed E-state index contributed by atoms with van der Waals surface area (Å²) in [7, 11) is -0.956. The maximum absolute atomic E-state index is 13.0. The first-order chi connectivity index (χ1) is 13.1. The number of nitrogens with zero attached hydrogens (tertiary/aromatic N) is 2. The average Bonchev–Trinajstić information content (AvgIpc) is 2.66. The molecule has 156 valence electrons. The van der Waals surface area contributed by atoms with E-state index in [0.29, 0.717) is 31.7 Å². The van der Waals surface area contributed by atoms with Crippen molar-refractivity contribution in [3.8, 4) is 5.75 Å². The molecule has 1 aromatic carbocycles. The zero-order valence-electron chi connectivity index (χ0n) is 16.3. The quantitative estimate of drug-likeness (QED) is 0.637. The second-order valence-electron chi connectivity index (χ2n) is 6.68. The zero-order chi connectivity index (χ0) is 21.1. The number of rotatable bonds is 6. The maximum Gasteiger partial charge on any atom is 0.308 e. The van der Waals surface area contributed by atoms with Gasteiger partial charge in [0, 0.05) is 13.1 Å². The van der Waals surface area contributed by atoms with Crippen molar-refractivity contribution in [2.45, 2.75) is 25.8 Å². The predicted octanol–water partition coefficient (Wildman–Crippen LogP) is 1.91. The van der Waals surface area contributed by atoms with E-state index in [-0.39, 0.29) is 28.5 Å². The molecule has 0 N–H and O–H groups in total. The Bertz CT molecular complexity index is 836. The summed E-state index contributed by atoms with van der Waals surface area (Å²) < 4.78 is 35.7. The van der Waals surface area contributed by atoms with Crippen molar-refractivity contribution in [2.75, 3.05) is 37.9 Å². The third-order valence-electron chi connectivity index (χ3n) is 4.80. The fourth-order valence-electron chi connectivity index (χ4n) is 3.36. The van der Waals surface area contributed by atoms with E-state index in [1.165, 1.54) is 27.2 Å². The minimum Gasteiger partial charge on any atom is -0.495 e. The van der Waals surface area contributed by atoms with Crippen LogP contribution in [0.1, 0.15) is 19.8 Å². The molecule has 1 atom stereocenters. The van der Waals surface area contributed by atoms with E-state index in [1.54, 1.807) is 17.0 Å². The first-order valence-corrected chi connectivity index (χ1v) is 11.0. The minimum atomic E-state index is -3.75. The van der Waals surface area contributed by atoms with Crippen molar-refractivity contribution >= 4 is 39.2 Å². The van der Waals surface area contributed by atoms with E-state index in [1.807, 2.05) is 0 Å². The van der Waals surface area contributed by atoms with Gasteiger partial charge in [-0.05, 0) is 38.0 Å². The number of hydrogen-bond acceptors (Lipinski definition) is 6. The molecule has 28 heavy (non-hydrogen) atoms. The fraction of sp³-hybridized carbons (Fsp3) is 0.556. The lowest BCUT2D eigenvalue weighted by Gasteiger charge is -2.36. The summed E-state index contributed by atoms with van der Waals surface area (Å²) in [5, 5.41) is 0.243. The van der Waals surface area contributed by atoms with Crippen LogP contribution in [-0.4, -0.2) is 64.8 Å². The molecule has 0 unspecified atom stereocenters. The molecule has 1 aliphatic heterocycles. The Morgan fingerprint density at radius 3 is 2.32 bits per heavy atom. The molecule has 0 bridgehead atoms. The summed E-state index contributed by atoms with van der Waals surface area (Å²) in [4.78, 5) is 26.2. The number of methoxy groups -OCH3 is 2. The van der Waals surface area contributed by atoms with Gasteiger partial charge in [-0.1, -0.05) is 11.6 Å². The van der Waals surface area contributed by atoms with Gasteiger partial charge in [-0.3, -0.25) is 13.9 Å². The highest BCUT2D eigenvalue weighted by molar-refractivity contribution is 7.92. The Labute approximate surface area is 170 Å². The first-order valence-electron chi connectivity index (χ1n) is 8.79. The van der Waals surface area contributed by atoms with Gasteiger partial charge < -0.3 is 14.4 Å². The van der Waals surface area contributed by atoms with E-state index in [9.17, 15) is 18.0 Å². The van der Waals surface area contributed by atoms with Crippen LogP contribution in [0.15, 0.2) is 18.2 Å². The minimum absolute atomic E-state index is 0.240. The molecule has 1 saturated heterocycles. The van der Waals surface area contributed by atoms with Gasteiger partial charge in [0.25, 0.3) is 0 Å². The number of carbonyl (C=O) groups is 2. The maximum atomic E-state index is 13.0. The molecule has 1 amide bonds. The number of anilines is 1. The second-order valence-corrected chi connectivity index (χ2v) is 8.94. The monoisotopic (exact) mass is 432 g/mol. The van der Waals surface area contributed by atoms with E-state index < -0.39 is 16.1 Å². The lowest BCUT2D eigenvalue weighted by atomic mass is 9.96. The van der Waals surface area contributed by atoms with Crippen molar-refractivity contribution < 1.29 is 27.5 Å². The number of benzene rings is 1. The smallest absolute Gasteiger partial charge is 0.308 e. The fourth-order valence-corrected chi connectivity index (χ4v) is 4.77. The SMILES string of the molecule is COC(=O)C1CCN(C(=O)[C@H](C)N(c2ccc(OC)c(Cl)c2)S(C)(=O)=O)CC1. The van der Waals surface area contributed by atoms with E-state index in [2.05, 4.69) is 0 Å². The highest BCUT2D eigenvalue weighted by Gasteiger charge is 2.35. The van der Waals surface area contributed by atoms with Crippen molar-refractivity contribution in [1.29, 1.82) is 0 Å². The van der Waals surface area contributed by atoms with Crippen molar-refractivity contribution in [3.05, 3.63) is 23.2 Å². The van der Waals surface area contributed by atoms with Crippen LogP contribution in [0, 0.1) is 5.92 Å². The van der Waals surface area contributed by atoms with Crippen LogP contribution < -0.4 is 9.04 Å². The van der Waals surface area contributed by atoms with Crippen LogP contribution in [-0.2, 0) is 24.3 Å². The van der Waals surface area contributed by atoms with Crippen molar-refractivity contribution in [1.82, 2.24) is 4.90 Å². The van der Waals surface area contributed by atoms with E-state index in [0.717, 1.165) is 10.6 Å². The number of piperidine rings is 1. The Hall–Kier alpha value is -2.00. The molecule has 0 aliphatic carbocycles. The van der Waals surface area contributed by atoms with Crippen molar-refractivity contribution in [3.63, 3.8) is 0 Å². The van der Waals surface area contributed by atoms with E-state index >= 15 is 0 Å². The Morgan fingerprint density at radius 2 is 1.86 bits per heavy atom. The summed E-state index contributed by atoms with van der Waals surface area (Å²) in [6.07, 6.45) is 2.01. The molecule has 0 spiro atoms. The standard InChI is InChI=1S/C18H25ClN2O6S/c1-12(17(22)20-9-7-13(8-10-20)18(23)27-3)21(28(4,24)25)14-5-6-16(26-2)15(19)11-14/h5-6,11-13H,7-10H2,1-4H3/t12-/m0/s1. The Morgan fingerprint density at radius 1 is 1.25 bits per heavy atom. The molecule has 0 aromatic heterocycles. The van der Waals surface area contributed by atoms with Crippen LogP contribution in [0.5, 0.6) is 5.75 Å². The van der Waals surface area contributed by atoms with Crippen molar-refractivity contribution in [2.24, 2.45) is 5.92 Å². The summed E-state index contributed by atoms with van der Waals surface area (Å²) in [6, 6.07) is 3.58. The molecule has 1 aromatic rings. The van der Waals surface area contributed by atoms with Gasteiger partial charge in [-0.2, -0.15) is 0 Å². The van der Waals surface area contributed by atoms with Crippen LogP contribution in [0.3, 0.4) is 0 Å². The number of halogens is 1. The summed E-state index contributed by atoms with van der Waals surface area (Å²) in [5.74, 6) is -0.454. The largest absolute Gasteiger partial charge is 0.495 e. The third kappa shape index (κ3) is 4.88. The predicted molar refractivity (Wildman–Crippen MR) is 106 cm³/mol. The molecule has 2 rings (SSSR count). The van der Waals surface area contributed by atoms with Gasteiger partial charge in [0.15, 0.2) is 0 Å². The molecule has 8 nitrogen and oxygen atoms in total. The van der Waals surface area contributed by atoms with Crippen LogP contribution >= 0.6 is 11.6 Å². The number of amides is 1. The highest BCUT2D eigenvalue weighted by Crippen LogP contribution is 2.32. The molecule has 1 heterocycles. The van der Waals surface area contributed by atoms with Crippen LogP contribution in [0.4, 0.5) is 5.69 Å². The van der Waals surface area contributed by atoms with Crippen LogP contribution in [0.25, 0.3) is 0 Å². The normalized spacial score (nSPS) is 16.4. The third-order valence-corrected chi connectivity index (χ3v) is 6.33. The molecule has 0 radical (unpaired) electrons. The molecular weight excluding hydrogens is 408 g/mol. The number of esters is 1. The summed E-state index contributed by atoms with van der Waals surface area (Å²) in [5.41, 5.74) is 0.276. The molecule has 0 saturated carbocycles. The molecule has 1 fully saturated rings. The van der Waals surface area contributed by atoms with Crippen LogP contribution in [0.2, 0.25) is 5.02 Å². The molecule has 10 heteroatoms.